The summed E-state index contributed by atoms with van der Waals surface area (Å²) in [6, 6.07) is 6.34. The number of hydrogen-bond acceptors (Lipinski definition) is 3. The van der Waals surface area contributed by atoms with Crippen LogP contribution in [-0.4, -0.2) is 50.5 Å². The molecule has 0 atom stereocenters. The van der Waals surface area contributed by atoms with E-state index in [4.69, 9.17) is 4.55 Å². The van der Waals surface area contributed by atoms with Crippen LogP contribution in [0.15, 0.2) is 29.2 Å². The largest absolute Gasteiger partial charge is 0.356 e. The van der Waals surface area contributed by atoms with E-state index in [1.165, 1.54) is 95.6 Å². The molecule has 37 heavy (non-hydrogen) atoms. The van der Waals surface area contributed by atoms with Crippen molar-refractivity contribution >= 4 is 16.0 Å². The van der Waals surface area contributed by atoms with Crippen LogP contribution in [0.4, 0.5) is 0 Å². The van der Waals surface area contributed by atoms with Gasteiger partial charge in [0.15, 0.2) is 0 Å². The third-order valence-electron chi connectivity index (χ3n) is 7.10. The summed E-state index contributed by atoms with van der Waals surface area (Å²) in [5.41, 5.74) is 1.01. The summed E-state index contributed by atoms with van der Waals surface area (Å²) in [6.07, 6.45) is 21.5. The molecule has 0 radical (unpaired) electrons. The van der Waals surface area contributed by atoms with Crippen LogP contribution in [0.5, 0.6) is 0 Å². The minimum Gasteiger partial charge on any atom is -0.356 e. The minimum absolute atomic E-state index is 0.0849. The van der Waals surface area contributed by atoms with Crippen molar-refractivity contribution in [2.75, 3.05) is 27.2 Å². The molecule has 0 fully saturated rings. The number of nitrogens with zero attached hydrogens (tertiary/aromatic N) is 1. The van der Waals surface area contributed by atoms with Crippen molar-refractivity contribution in [1.82, 2.24) is 5.32 Å². The van der Waals surface area contributed by atoms with Gasteiger partial charge in [0, 0.05) is 24.9 Å². The zero-order valence-corrected chi connectivity index (χ0v) is 24.8. The van der Waals surface area contributed by atoms with Crippen LogP contribution in [0.1, 0.15) is 122 Å². The molecular weight excluding hydrogens is 484 g/mol. The topological polar surface area (TPSA) is 83.5 Å². The standard InChI is InChI=1S/C30H54N2O4S/c1-4-5-6-7-8-9-10-11-12-13-14-15-16-17-18-20-30(33)31-25-19-26-32(2,3)27-28-21-23-29(24-22-28)37(34,35)36/h21-24H,4-20,25-27H2,1-3H3,(H-,31,33,34,35,36)/p+1. The number of nitrogens with one attached hydrogen (secondary N) is 1. The van der Waals surface area contributed by atoms with E-state index in [1.54, 1.807) is 12.1 Å². The minimum atomic E-state index is -4.16. The average molecular weight is 540 g/mol. The number of quaternary nitrogens is 1. The molecule has 1 aromatic rings. The van der Waals surface area contributed by atoms with E-state index >= 15 is 0 Å². The first-order valence-corrected chi connectivity index (χ1v) is 16.2. The van der Waals surface area contributed by atoms with E-state index in [0.717, 1.165) is 42.4 Å². The number of amides is 1. The Balaban J connectivity index is 1.97. The third-order valence-corrected chi connectivity index (χ3v) is 7.97. The molecule has 0 saturated carbocycles. The molecule has 0 saturated heterocycles. The molecule has 7 heteroatoms. The predicted octanol–water partition coefficient (Wildman–Crippen LogP) is 7.28. The normalized spacial score (nSPS) is 12.1. The second-order valence-corrected chi connectivity index (χ2v) is 12.8. The van der Waals surface area contributed by atoms with Gasteiger partial charge in [-0.1, -0.05) is 109 Å². The van der Waals surface area contributed by atoms with E-state index in [1.807, 2.05) is 0 Å². The number of rotatable bonds is 23. The monoisotopic (exact) mass is 539 g/mol. The Morgan fingerprint density at radius 1 is 0.757 bits per heavy atom. The van der Waals surface area contributed by atoms with Crippen LogP contribution in [-0.2, 0) is 21.5 Å². The highest BCUT2D eigenvalue weighted by Crippen LogP contribution is 2.15. The van der Waals surface area contributed by atoms with Crippen LogP contribution in [0, 0.1) is 0 Å². The summed E-state index contributed by atoms with van der Waals surface area (Å²) in [4.78, 5) is 12.0. The molecule has 0 heterocycles. The van der Waals surface area contributed by atoms with E-state index in [2.05, 4.69) is 26.3 Å². The van der Waals surface area contributed by atoms with Crippen molar-refractivity contribution in [2.45, 2.75) is 128 Å². The van der Waals surface area contributed by atoms with Crippen LogP contribution in [0.2, 0.25) is 0 Å². The fraction of sp³-hybridized carbons (Fsp3) is 0.767. The van der Waals surface area contributed by atoms with Gasteiger partial charge in [-0.15, -0.1) is 0 Å². The number of carbonyl (C=O) groups is 1. The highest BCUT2D eigenvalue weighted by molar-refractivity contribution is 7.85. The van der Waals surface area contributed by atoms with Crippen molar-refractivity contribution in [1.29, 1.82) is 0 Å². The summed E-state index contributed by atoms with van der Waals surface area (Å²) < 4.78 is 32.2. The molecule has 0 aromatic heterocycles. The highest BCUT2D eigenvalue weighted by atomic mass is 32.2. The molecule has 6 nitrogen and oxygen atoms in total. The lowest BCUT2D eigenvalue weighted by atomic mass is 10.0. The van der Waals surface area contributed by atoms with E-state index in [-0.39, 0.29) is 10.8 Å². The molecule has 1 amide bonds. The van der Waals surface area contributed by atoms with Crippen molar-refractivity contribution in [2.24, 2.45) is 0 Å². The van der Waals surface area contributed by atoms with Gasteiger partial charge >= 0.3 is 0 Å². The van der Waals surface area contributed by atoms with Gasteiger partial charge in [-0.2, -0.15) is 8.42 Å². The Morgan fingerprint density at radius 2 is 1.22 bits per heavy atom. The Bertz CT molecular complexity index is 822. The smallest absolute Gasteiger partial charge is 0.294 e. The SMILES string of the molecule is CCCCCCCCCCCCCCCCCC(=O)NCCC[N+](C)(C)Cc1ccc(S(=O)(=O)O)cc1. The molecule has 0 aliphatic carbocycles. The third kappa shape index (κ3) is 18.5. The van der Waals surface area contributed by atoms with Crippen molar-refractivity contribution in [3.63, 3.8) is 0 Å². The van der Waals surface area contributed by atoms with Crippen LogP contribution >= 0.6 is 0 Å². The fourth-order valence-corrected chi connectivity index (χ4v) is 5.30. The highest BCUT2D eigenvalue weighted by Gasteiger charge is 2.17. The molecule has 0 aliphatic heterocycles. The van der Waals surface area contributed by atoms with Gasteiger partial charge in [0.2, 0.25) is 5.91 Å². The van der Waals surface area contributed by atoms with Gasteiger partial charge in [-0.3, -0.25) is 9.35 Å². The first-order chi connectivity index (χ1) is 17.6. The van der Waals surface area contributed by atoms with Gasteiger partial charge in [0.1, 0.15) is 6.54 Å². The number of hydrogen-bond donors (Lipinski definition) is 2. The second kappa shape index (κ2) is 19.6. The molecule has 214 valence electrons. The summed E-state index contributed by atoms with van der Waals surface area (Å²) in [5.74, 6) is 0.154. The summed E-state index contributed by atoms with van der Waals surface area (Å²) in [6.45, 7) is 4.60. The van der Waals surface area contributed by atoms with Crippen molar-refractivity contribution in [3.8, 4) is 0 Å². The zero-order valence-electron chi connectivity index (χ0n) is 24.0. The molecule has 2 N–H and O–H groups in total. The van der Waals surface area contributed by atoms with E-state index in [0.29, 0.717) is 13.0 Å². The maximum atomic E-state index is 12.1. The maximum Gasteiger partial charge on any atom is 0.294 e. The van der Waals surface area contributed by atoms with Gasteiger partial charge in [-0.05, 0) is 18.6 Å². The molecule has 0 unspecified atom stereocenters. The van der Waals surface area contributed by atoms with Crippen LogP contribution in [0.25, 0.3) is 0 Å². The maximum absolute atomic E-state index is 12.1. The van der Waals surface area contributed by atoms with Crippen LogP contribution < -0.4 is 5.32 Å². The molecule has 0 bridgehead atoms. The number of carbonyl (C=O) groups excluding carboxylic acids is 1. The Morgan fingerprint density at radius 3 is 1.68 bits per heavy atom. The van der Waals surface area contributed by atoms with Gasteiger partial charge < -0.3 is 9.80 Å². The van der Waals surface area contributed by atoms with Crippen LogP contribution in [0.3, 0.4) is 0 Å². The first-order valence-electron chi connectivity index (χ1n) is 14.8. The number of benzene rings is 1. The number of unbranched alkanes of at least 4 members (excludes halogenated alkanes) is 14. The lowest BCUT2D eigenvalue weighted by Gasteiger charge is -2.30. The molecular formula is C30H55N2O4S+. The molecule has 0 spiro atoms. The fourth-order valence-electron chi connectivity index (χ4n) is 4.82. The van der Waals surface area contributed by atoms with E-state index < -0.39 is 10.1 Å². The molecule has 1 rings (SSSR count). The second-order valence-electron chi connectivity index (χ2n) is 11.3. The van der Waals surface area contributed by atoms with Crippen molar-refractivity contribution < 1.29 is 22.2 Å². The van der Waals surface area contributed by atoms with Gasteiger partial charge in [0.05, 0.1) is 25.5 Å². The van der Waals surface area contributed by atoms with Crippen molar-refractivity contribution in [3.05, 3.63) is 29.8 Å². The van der Waals surface area contributed by atoms with E-state index in [9.17, 15) is 13.2 Å². The lowest BCUT2D eigenvalue weighted by Crippen LogP contribution is -2.41. The Hall–Kier alpha value is -1.44. The first kappa shape index (κ1) is 33.6. The average Bonchev–Trinajstić information content (AvgIpc) is 2.84. The zero-order chi connectivity index (χ0) is 27.4. The molecule has 0 aliphatic rings. The molecule has 1 aromatic carbocycles. The summed E-state index contributed by atoms with van der Waals surface area (Å²) in [7, 11) is 0.0830. The van der Waals surface area contributed by atoms with Gasteiger partial charge in [0.25, 0.3) is 10.1 Å². The Kier molecular flexibility index (Phi) is 17.8. The quantitative estimate of drug-likeness (QED) is 0.0869. The predicted molar refractivity (Wildman–Crippen MR) is 154 cm³/mol. The lowest BCUT2D eigenvalue weighted by molar-refractivity contribution is -0.903. The van der Waals surface area contributed by atoms with Gasteiger partial charge in [-0.25, -0.2) is 0 Å². The Labute approximate surface area is 227 Å². The summed E-state index contributed by atoms with van der Waals surface area (Å²) >= 11 is 0. The summed E-state index contributed by atoms with van der Waals surface area (Å²) in [5, 5.41) is 3.05.